The van der Waals surface area contributed by atoms with Crippen LogP contribution in [0, 0.1) is 29.1 Å². The first-order chi connectivity index (χ1) is 15.5. The molecular formula is C27H29F2NO2. The summed E-state index contributed by atoms with van der Waals surface area (Å²) < 4.78 is 35.5. The van der Waals surface area contributed by atoms with Crippen molar-refractivity contribution in [2.45, 2.75) is 63.7 Å². The van der Waals surface area contributed by atoms with Gasteiger partial charge in [0.05, 0.1) is 17.2 Å². The molecule has 4 rings (SSSR count). The molecule has 0 saturated heterocycles. The first-order valence-electron chi connectivity index (χ1n) is 11.6. The fourth-order valence-electron chi connectivity index (χ4n) is 5.57. The van der Waals surface area contributed by atoms with E-state index in [0.29, 0.717) is 29.7 Å². The number of nitrogens with zero attached hydrogens (tertiary/aromatic N) is 1. The van der Waals surface area contributed by atoms with E-state index in [-0.39, 0.29) is 23.7 Å². The number of carbonyl (C=O) groups is 1. The van der Waals surface area contributed by atoms with Crippen LogP contribution in [0.5, 0.6) is 5.75 Å². The second-order valence-corrected chi connectivity index (χ2v) is 9.24. The van der Waals surface area contributed by atoms with Gasteiger partial charge in [-0.1, -0.05) is 25.5 Å². The Morgan fingerprint density at radius 3 is 2.44 bits per heavy atom. The van der Waals surface area contributed by atoms with Crippen LogP contribution in [0.2, 0.25) is 0 Å². The normalized spacial score (nSPS) is 29.6. The fraction of sp³-hybridized carbons (Fsp3) is 0.481. The number of carbonyl (C=O) groups excluding carboxylic acids is 1. The molecule has 0 bridgehead atoms. The minimum Gasteiger partial charge on any atom is -0.423 e. The maximum atomic E-state index is 15.1. The van der Waals surface area contributed by atoms with Crippen molar-refractivity contribution in [3.63, 3.8) is 0 Å². The van der Waals surface area contributed by atoms with Gasteiger partial charge in [0.25, 0.3) is 0 Å². The first-order valence-corrected chi connectivity index (χ1v) is 11.6. The lowest BCUT2D eigenvalue weighted by molar-refractivity contribution is -0.0106. The number of halogens is 2. The van der Waals surface area contributed by atoms with Crippen molar-refractivity contribution in [1.29, 1.82) is 5.26 Å². The van der Waals surface area contributed by atoms with Crippen molar-refractivity contribution in [2.75, 3.05) is 0 Å². The molecule has 2 aliphatic carbocycles. The molecule has 0 spiro atoms. The van der Waals surface area contributed by atoms with Crippen LogP contribution in [0.15, 0.2) is 48.5 Å². The monoisotopic (exact) mass is 437 g/mol. The molecule has 0 radical (unpaired) electrons. The molecule has 6 atom stereocenters. The van der Waals surface area contributed by atoms with E-state index in [4.69, 9.17) is 10.00 Å². The number of nitriles is 1. The van der Waals surface area contributed by atoms with Crippen molar-refractivity contribution >= 4 is 5.97 Å². The number of esters is 1. The minimum atomic E-state index is -1.06. The van der Waals surface area contributed by atoms with Crippen LogP contribution in [-0.4, -0.2) is 18.3 Å². The van der Waals surface area contributed by atoms with Gasteiger partial charge < -0.3 is 4.74 Å². The van der Waals surface area contributed by atoms with E-state index >= 15 is 8.78 Å². The number of rotatable bonds is 5. The average Bonchev–Trinajstić information content (AvgIpc) is 2.82. The predicted octanol–water partition coefficient (Wildman–Crippen LogP) is 6.77. The molecule has 0 N–H and O–H groups in total. The van der Waals surface area contributed by atoms with Crippen LogP contribution < -0.4 is 4.74 Å². The molecule has 2 fully saturated rings. The Hall–Kier alpha value is -2.74. The zero-order valence-electron chi connectivity index (χ0n) is 18.3. The number of ether oxygens (including phenoxy) is 1. The second-order valence-electron chi connectivity index (χ2n) is 9.24. The maximum Gasteiger partial charge on any atom is 0.343 e. The van der Waals surface area contributed by atoms with Gasteiger partial charge in [0, 0.05) is 5.92 Å². The lowest BCUT2D eigenvalue weighted by atomic mass is 9.62. The van der Waals surface area contributed by atoms with Crippen LogP contribution in [0.25, 0.3) is 0 Å². The van der Waals surface area contributed by atoms with E-state index in [9.17, 15) is 4.79 Å². The van der Waals surface area contributed by atoms with E-state index in [1.807, 2.05) is 6.07 Å². The topological polar surface area (TPSA) is 50.1 Å². The molecule has 2 aliphatic rings. The molecule has 0 heterocycles. The van der Waals surface area contributed by atoms with Gasteiger partial charge in [-0.15, -0.1) is 0 Å². The molecule has 2 aromatic rings. The van der Waals surface area contributed by atoms with E-state index in [2.05, 4.69) is 6.92 Å². The van der Waals surface area contributed by atoms with Crippen LogP contribution in [0.1, 0.15) is 72.9 Å². The van der Waals surface area contributed by atoms with Gasteiger partial charge in [0.2, 0.25) is 0 Å². The summed E-state index contributed by atoms with van der Waals surface area (Å²) in [6.07, 6.45) is 2.76. The van der Waals surface area contributed by atoms with E-state index in [1.165, 1.54) is 0 Å². The molecule has 32 heavy (non-hydrogen) atoms. The summed E-state index contributed by atoms with van der Waals surface area (Å²) in [5.41, 5.74) is 1.73. The summed E-state index contributed by atoms with van der Waals surface area (Å²) >= 11 is 0. The standard InChI is InChI=1S/C27H29F2NO2/c1-2-3-19-8-11-21-14-23(25(28)15-24(21)26(19)29)18-6-9-20(10-7-18)27(31)32-22-12-4-17(16-30)5-13-22/h4-7,9-10,12-13,19,21,23-26H,2-3,8,11,14-15H2,1H3. The number of benzene rings is 2. The van der Waals surface area contributed by atoms with Crippen LogP contribution in [0.3, 0.4) is 0 Å². The number of fused-ring (bicyclic) bond motifs is 1. The van der Waals surface area contributed by atoms with Crippen LogP contribution in [0.4, 0.5) is 8.78 Å². The molecule has 0 aromatic heterocycles. The Morgan fingerprint density at radius 2 is 1.78 bits per heavy atom. The Balaban J connectivity index is 1.40. The van der Waals surface area contributed by atoms with Crippen molar-refractivity contribution in [1.82, 2.24) is 0 Å². The zero-order valence-corrected chi connectivity index (χ0v) is 18.3. The van der Waals surface area contributed by atoms with Gasteiger partial charge in [-0.25, -0.2) is 13.6 Å². The Bertz CT molecular complexity index is 967. The van der Waals surface area contributed by atoms with Gasteiger partial charge in [-0.3, -0.25) is 0 Å². The van der Waals surface area contributed by atoms with Crippen molar-refractivity contribution in [2.24, 2.45) is 17.8 Å². The van der Waals surface area contributed by atoms with Crippen molar-refractivity contribution in [3.05, 3.63) is 65.2 Å². The lowest BCUT2D eigenvalue weighted by Gasteiger charge is -2.45. The largest absolute Gasteiger partial charge is 0.423 e. The van der Waals surface area contributed by atoms with Gasteiger partial charge in [0.15, 0.2) is 0 Å². The highest BCUT2D eigenvalue weighted by Gasteiger charge is 2.46. The number of hydrogen-bond acceptors (Lipinski definition) is 3. The third kappa shape index (κ3) is 4.70. The third-order valence-corrected chi connectivity index (χ3v) is 7.29. The van der Waals surface area contributed by atoms with Gasteiger partial charge in [-0.2, -0.15) is 5.26 Å². The van der Waals surface area contributed by atoms with Crippen LogP contribution in [-0.2, 0) is 0 Å². The zero-order chi connectivity index (χ0) is 22.7. The lowest BCUT2D eigenvalue weighted by Crippen LogP contribution is -2.43. The molecule has 168 valence electrons. The van der Waals surface area contributed by atoms with Crippen molar-refractivity contribution in [3.8, 4) is 11.8 Å². The summed E-state index contributed by atoms with van der Waals surface area (Å²) in [5, 5.41) is 8.85. The highest BCUT2D eigenvalue weighted by Crippen LogP contribution is 2.50. The molecule has 2 saturated carbocycles. The molecule has 0 aliphatic heterocycles. The molecule has 3 nitrogen and oxygen atoms in total. The van der Waals surface area contributed by atoms with E-state index in [1.54, 1.807) is 48.5 Å². The Kier molecular flexibility index (Phi) is 6.89. The summed E-state index contributed by atoms with van der Waals surface area (Å²) in [5.74, 6) is -0.235. The van der Waals surface area contributed by atoms with Gasteiger partial charge in [-0.05, 0) is 91.8 Å². The molecule has 2 aromatic carbocycles. The first kappa shape index (κ1) is 22.5. The van der Waals surface area contributed by atoms with Gasteiger partial charge >= 0.3 is 5.97 Å². The van der Waals surface area contributed by atoms with Crippen molar-refractivity contribution < 1.29 is 18.3 Å². The molecule has 0 amide bonds. The van der Waals surface area contributed by atoms with E-state index in [0.717, 1.165) is 31.2 Å². The predicted molar refractivity (Wildman–Crippen MR) is 119 cm³/mol. The average molecular weight is 438 g/mol. The second kappa shape index (κ2) is 9.81. The SMILES string of the molecule is CCCC1CCC2CC(c3ccc(C(=O)Oc4ccc(C#N)cc4)cc3)C(F)CC2C1F. The highest BCUT2D eigenvalue weighted by atomic mass is 19.1. The highest BCUT2D eigenvalue weighted by molar-refractivity contribution is 5.91. The molecule has 5 heteroatoms. The summed E-state index contributed by atoms with van der Waals surface area (Å²) in [7, 11) is 0. The quantitative estimate of drug-likeness (QED) is 0.383. The maximum absolute atomic E-state index is 15.1. The number of alkyl halides is 2. The Morgan fingerprint density at radius 1 is 1.06 bits per heavy atom. The summed E-state index contributed by atoms with van der Waals surface area (Å²) in [6, 6.07) is 15.2. The molecule has 6 unspecified atom stereocenters. The summed E-state index contributed by atoms with van der Waals surface area (Å²) in [4.78, 5) is 12.4. The third-order valence-electron chi connectivity index (χ3n) is 7.29. The minimum absolute atomic E-state index is 0.0893. The Labute approximate surface area is 188 Å². The summed E-state index contributed by atoms with van der Waals surface area (Å²) in [6.45, 7) is 2.08. The van der Waals surface area contributed by atoms with Crippen LogP contribution >= 0.6 is 0 Å². The number of hydrogen-bond donors (Lipinski definition) is 0. The van der Waals surface area contributed by atoms with Gasteiger partial charge in [0.1, 0.15) is 18.1 Å². The fourth-order valence-corrected chi connectivity index (χ4v) is 5.57. The van der Waals surface area contributed by atoms with E-state index < -0.39 is 18.3 Å². The smallest absolute Gasteiger partial charge is 0.343 e. The molecular weight excluding hydrogens is 408 g/mol.